The minimum atomic E-state index is -1.07. The number of ether oxygens (including phenoxy) is 1. The summed E-state index contributed by atoms with van der Waals surface area (Å²) in [5.74, 6) is -1.24. The average Bonchev–Trinajstić information content (AvgIpc) is 2.44. The molecule has 1 aromatic rings. The number of aliphatic carboxylic acids is 1. The highest BCUT2D eigenvalue weighted by atomic mass is 32.1. The molecule has 1 N–H and O–H groups in total. The second kappa shape index (κ2) is 5.04. The summed E-state index contributed by atoms with van der Waals surface area (Å²) in [7, 11) is 0. The number of Topliss-reactive ketones (excluding diaryl/α,β-unsaturated/α-hetero) is 1. The normalized spacial score (nSPS) is 10.3. The molecule has 0 spiro atoms. The maximum absolute atomic E-state index is 11.5. The molecule has 1 aromatic heterocycles. The first kappa shape index (κ1) is 11.9. The number of carbonyl (C=O) groups excluding carboxylic acids is 1. The van der Waals surface area contributed by atoms with Gasteiger partial charge in [-0.1, -0.05) is 0 Å². The van der Waals surface area contributed by atoms with Gasteiger partial charge in [0.2, 0.25) is 0 Å². The van der Waals surface area contributed by atoms with E-state index in [0.717, 1.165) is 9.75 Å². The van der Waals surface area contributed by atoms with Crippen molar-refractivity contribution < 1.29 is 19.4 Å². The molecule has 1 rings (SSSR count). The van der Waals surface area contributed by atoms with Gasteiger partial charge in [-0.3, -0.25) is 4.79 Å². The Morgan fingerprint density at radius 1 is 1.40 bits per heavy atom. The SMILES string of the molecule is Cc1cc(C(=O)COCC(=O)O)c(C)s1. The van der Waals surface area contributed by atoms with Crippen LogP contribution >= 0.6 is 11.3 Å². The Kier molecular flexibility index (Phi) is 3.99. The molecule has 0 amide bonds. The molecule has 82 valence electrons. The van der Waals surface area contributed by atoms with E-state index in [1.165, 1.54) is 0 Å². The van der Waals surface area contributed by atoms with Gasteiger partial charge in [0.1, 0.15) is 13.2 Å². The van der Waals surface area contributed by atoms with Crippen molar-refractivity contribution in [1.82, 2.24) is 0 Å². The first-order valence-electron chi connectivity index (χ1n) is 4.40. The van der Waals surface area contributed by atoms with Crippen LogP contribution in [0, 0.1) is 13.8 Å². The molecule has 0 aliphatic carbocycles. The number of carboxylic acids is 1. The van der Waals surface area contributed by atoms with E-state index in [4.69, 9.17) is 9.84 Å². The van der Waals surface area contributed by atoms with E-state index in [1.807, 2.05) is 13.8 Å². The predicted octanol–water partition coefficient (Wildman–Crippen LogP) is 1.65. The number of aryl methyl sites for hydroxylation is 2. The zero-order valence-corrected chi connectivity index (χ0v) is 9.39. The Bertz CT molecular complexity index is 381. The fourth-order valence-electron chi connectivity index (χ4n) is 1.22. The van der Waals surface area contributed by atoms with Crippen LogP contribution in [0.15, 0.2) is 6.07 Å². The molecule has 1 heterocycles. The largest absolute Gasteiger partial charge is 0.480 e. The first-order valence-corrected chi connectivity index (χ1v) is 5.22. The summed E-state index contributed by atoms with van der Waals surface area (Å²) in [5.41, 5.74) is 0.628. The summed E-state index contributed by atoms with van der Waals surface area (Å²) in [6.07, 6.45) is 0. The molecule has 0 unspecified atom stereocenters. The van der Waals surface area contributed by atoms with Gasteiger partial charge in [-0.2, -0.15) is 0 Å². The Balaban J connectivity index is 2.54. The van der Waals surface area contributed by atoms with E-state index in [1.54, 1.807) is 17.4 Å². The molecule has 0 aliphatic rings. The second-order valence-corrected chi connectivity index (χ2v) is 4.60. The quantitative estimate of drug-likeness (QED) is 0.778. The summed E-state index contributed by atoms with van der Waals surface area (Å²) in [6.45, 7) is 3.17. The number of carboxylic acid groups (broad SMARTS) is 1. The van der Waals surface area contributed by atoms with Crippen molar-refractivity contribution in [2.75, 3.05) is 13.2 Å². The molecule has 0 aromatic carbocycles. The third-order valence-electron chi connectivity index (χ3n) is 1.80. The minimum absolute atomic E-state index is 0.168. The van der Waals surface area contributed by atoms with Crippen molar-refractivity contribution in [3.05, 3.63) is 21.4 Å². The second-order valence-electron chi connectivity index (χ2n) is 3.14. The number of hydrogen-bond acceptors (Lipinski definition) is 4. The molecule has 4 nitrogen and oxygen atoms in total. The molecular formula is C10H12O4S. The van der Waals surface area contributed by atoms with E-state index in [0.29, 0.717) is 5.56 Å². The Hall–Kier alpha value is -1.20. The van der Waals surface area contributed by atoms with Gasteiger partial charge in [0, 0.05) is 15.3 Å². The van der Waals surface area contributed by atoms with Gasteiger partial charge in [-0.25, -0.2) is 4.79 Å². The number of carbonyl (C=O) groups is 2. The van der Waals surface area contributed by atoms with E-state index in [-0.39, 0.29) is 12.4 Å². The van der Waals surface area contributed by atoms with Crippen LogP contribution in [-0.4, -0.2) is 30.1 Å². The molecule has 15 heavy (non-hydrogen) atoms. The molecule has 0 atom stereocenters. The molecule has 0 saturated carbocycles. The van der Waals surface area contributed by atoms with Gasteiger partial charge in [0.25, 0.3) is 0 Å². The average molecular weight is 228 g/mol. The lowest BCUT2D eigenvalue weighted by molar-refractivity contribution is -0.141. The summed E-state index contributed by atoms with van der Waals surface area (Å²) >= 11 is 1.54. The third-order valence-corrected chi connectivity index (χ3v) is 2.77. The predicted molar refractivity (Wildman–Crippen MR) is 56.6 cm³/mol. The van der Waals surface area contributed by atoms with Crippen molar-refractivity contribution in [1.29, 1.82) is 0 Å². The lowest BCUT2D eigenvalue weighted by Crippen LogP contribution is -2.14. The molecule has 0 saturated heterocycles. The maximum atomic E-state index is 11.5. The van der Waals surface area contributed by atoms with Crippen molar-refractivity contribution >= 4 is 23.1 Å². The Morgan fingerprint density at radius 2 is 2.07 bits per heavy atom. The van der Waals surface area contributed by atoms with Crippen LogP contribution in [0.1, 0.15) is 20.1 Å². The van der Waals surface area contributed by atoms with Crippen LogP contribution < -0.4 is 0 Å². The third kappa shape index (κ3) is 3.45. The van der Waals surface area contributed by atoms with Gasteiger partial charge in [0.15, 0.2) is 5.78 Å². The smallest absolute Gasteiger partial charge is 0.329 e. The molecule has 5 heteroatoms. The standard InChI is InChI=1S/C10H12O4S/c1-6-3-8(7(2)15-6)9(11)4-14-5-10(12)13/h3H,4-5H2,1-2H3,(H,12,13). The lowest BCUT2D eigenvalue weighted by Gasteiger charge is -1.99. The molecule has 0 radical (unpaired) electrons. The first-order chi connectivity index (χ1) is 7.00. The Labute approximate surface area is 91.5 Å². The number of thiophene rings is 1. The topological polar surface area (TPSA) is 63.6 Å². The number of rotatable bonds is 5. The summed E-state index contributed by atoms with van der Waals surface area (Å²) in [4.78, 5) is 23.7. The van der Waals surface area contributed by atoms with Crippen molar-refractivity contribution in [3.8, 4) is 0 Å². The highest BCUT2D eigenvalue weighted by molar-refractivity contribution is 7.12. The summed E-state index contributed by atoms with van der Waals surface area (Å²) < 4.78 is 4.73. The fourth-order valence-corrected chi connectivity index (χ4v) is 2.16. The highest BCUT2D eigenvalue weighted by Gasteiger charge is 2.12. The molecular weight excluding hydrogens is 216 g/mol. The van der Waals surface area contributed by atoms with Crippen molar-refractivity contribution in [2.24, 2.45) is 0 Å². The van der Waals surface area contributed by atoms with Crippen LogP contribution in [0.3, 0.4) is 0 Å². The highest BCUT2D eigenvalue weighted by Crippen LogP contribution is 2.20. The number of hydrogen-bond donors (Lipinski definition) is 1. The van der Waals surface area contributed by atoms with Gasteiger partial charge in [-0.05, 0) is 19.9 Å². The molecule has 0 fully saturated rings. The number of ketones is 1. The molecule has 0 aliphatic heterocycles. The molecule has 0 bridgehead atoms. The van der Waals surface area contributed by atoms with E-state index in [9.17, 15) is 9.59 Å². The Morgan fingerprint density at radius 3 is 2.53 bits per heavy atom. The van der Waals surface area contributed by atoms with E-state index in [2.05, 4.69) is 0 Å². The van der Waals surface area contributed by atoms with Crippen LogP contribution in [0.25, 0.3) is 0 Å². The van der Waals surface area contributed by atoms with E-state index < -0.39 is 12.6 Å². The fraction of sp³-hybridized carbons (Fsp3) is 0.400. The summed E-state index contributed by atoms with van der Waals surface area (Å²) in [6, 6.07) is 1.80. The van der Waals surface area contributed by atoms with Gasteiger partial charge in [-0.15, -0.1) is 11.3 Å². The minimum Gasteiger partial charge on any atom is -0.480 e. The maximum Gasteiger partial charge on any atom is 0.329 e. The van der Waals surface area contributed by atoms with Crippen molar-refractivity contribution in [3.63, 3.8) is 0 Å². The van der Waals surface area contributed by atoms with E-state index >= 15 is 0 Å². The van der Waals surface area contributed by atoms with Gasteiger partial charge in [0.05, 0.1) is 0 Å². The van der Waals surface area contributed by atoms with Crippen molar-refractivity contribution in [2.45, 2.75) is 13.8 Å². The van der Waals surface area contributed by atoms with Gasteiger partial charge < -0.3 is 9.84 Å². The zero-order chi connectivity index (χ0) is 11.4. The monoisotopic (exact) mass is 228 g/mol. The van der Waals surface area contributed by atoms with Gasteiger partial charge >= 0.3 is 5.97 Å². The zero-order valence-electron chi connectivity index (χ0n) is 8.57. The van der Waals surface area contributed by atoms with Crippen LogP contribution in [0.5, 0.6) is 0 Å². The lowest BCUT2D eigenvalue weighted by atomic mass is 10.2. The van der Waals surface area contributed by atoms with Crippen LogP contribution in [0.2, 0.25) is 0 Å². The van der Waals surface area contributed by atoms with Crippen LogP contribution in [0.4, 0.5) is 0 Å². The van der Waals surface area contributed by atoms with Crippen LogP contribution in [-0.2, 0) is 9.53 Å². The summed E-state index contributed by atoms with van der Waals surface area (Å²) in [5, 5.41) is 8.32.